The lowest BCUT2D eigenvalue weighted by Gasteiger charge is -2.15. The Bertz CT molecular complexity index is 2040. The van der Waals surface area contributed by atoms with E-state index in [2.05, 4.69) is 0 Å². The van der Waals surface area contributed by atoms with Gasteiger partial charge in [0.05, 0.1) is 27.6 Å². The van der Waals surface area contributed by atoms with Crippen molar-refractivity contribution in [2.45, 2.75) is 20.0 Å². The van der Waals surface area contributed by atoms with Crippen molar-refractivity contribution in [1.82, 2.24) is 4.90 Å². The van der Waals surface area contributed by atoms with E-state index in [1.54, 1.807) is 36.4 Å². The third-order valence-corrected chi connectivity index (χ3v) is 7.14. The molecule has 2 amide bonds. The summed E-state index contributed by atoms with van der Waals surface area (Å²) in [7, 11) is 0. The first-order chi connectivity index (χ1) is 20.4. The maximum Gasteiger partial charge on any atom is 0.450 e. The third kappa shape index (κ3) is 4.84. The first-order valence-corrected chi connectivity index (χ1v) is 13.3. The molecular weight excluding hydrogens is 563 g/mol. The molecule has 0 saturated heterocycles. The van der Waals surface area contributed by atoms with E-state index in [9.17, 15) is 32.3 Å². The summed E-state index contributed by atoms with van der Waals surface area (Å²) in [5.74, 6) is -3.52. The number of benzene rings is 4. The normalized spacial score (nSPS) is 13.3. The highest BCUT2D eigenvalue weighted by Gasteiger charge is 2.40. The molecule has 0 spiro atoms. The Morgan fingerprint density at radius 2 is 1.56 bits per heavy atom. The minimum absolute atomic E-state index is 0.0422. The summed E-state index contributed by atoms with van der Waals surface area (Å²) < 4.78 is 53.5. The standard InChI is InChI=1S/C33H22F3NO6/c1-17(2)16-37-30(39)23-12-10-19(14-25(23)31(37)40)32(41)42-20-11-13-24-26(15-20)43-29(33(34,35)36)27(28(24)38)22-9-5-7-18-6-3-4-8-21(18)22/h3-15,17H,16H2,1-2H3. The quantitative estimate of drug-likeness (QED) is 0.124. The number of carbonyl (C=O) groups excluding carboxylic acids is 3. The van der Waals surface area contributed by atoms with Crippen LogP contribution in [0.15, 0.2) is 88.1 Å². The summed E-state index contributed by atoms with van der Waals surface area (Å²) in [5, 5.41) is 0.970. The highest BCUT2D eigenvalue weighted by molar-refractivity contribution is 6.22. The number of nitrogens with zero attached hydrogens (tertiary/aromatic N) is 1. The molecule has 5 aromatic rings. The molecule has 2 heterocycles. The van der Waals surface area contributed by atoms with Gasteiger partial charge in [0, 0.05) is 12.6 Å². The van der Waals surface area contributed by atoms with E-state index < -0.39 is 46.3 Å². The zero-order chi connectivity index (χ0) is 30.6. The lowest BCUT2D eigenvalue weighted by molar-refractivity contribution is -0.152. The number of esters is 1. The minimum Gasteiger partial charge on any atom is -0.450 e. The summed E-state index contributed by atoms with van der Waals surface area (Å²) in [5.41, 5.74) is -1.69. The van der Waals surface area contributed by atoms with Crippen molar-refractivity contribution in [3.8, 4) is 16.9 Å². The van der Waals surface area contributed by atoms with Crippen molar-refractivity contribution in [3.63, 3.8) is 0 Å². The first-order valence-electron chi connectivity index (χ1n) is 13.3. The van der Waals surface area contributed by atoms with Crippen molar-refractivity contribution in [2.24, 2.45) is 5.92 Å². The van der Waals surface area contributed by atoms with E-state index in [1.807, 2.05) is 13.8 Å². The number of fused-ring (bicyclic) bond motifs is 3. The summed E-state index contributed by atoms with van der Waals surface area (Å²) in [6.07, 6.45) is -5.01. The van der Waals surface area contributed by atoms with Gasteiger partial charge in [0.1, 0.15) is 11.3 Å². The lowest BCUT2D eigenvalue weighted by Crippen LogP contribution is -2.33. The van der Waals surface area contributed by atoms with E-state index >= 15 is 0 Å². The van der Waals surface area contributed by atoms with Gasteiger partial charge in [-0.3, -0.25) is 19.3 Å². The molecule has 1 aromatic heterocycles. The summed E-state index contributed by atoms with van der Waals surface area (Å²) in [4.78, 5) is 53.0. The number of carbonyl (C=O) groups is 3. The Morgan fingerprint density at radius 3 is 2.30 bits per heavy atom. The van der Waals surface area contributed by atoms with Gasteiger partial charge < -0.3 is 9.15 Å². The van der Waals surface area contributed by atoms with Crippen LogP contribution in [0.25, 0.3) is 32.9 Å². The number of amides is 2. The Labute approximate surface area is 242 Å². The van der Waals surface area contributed by atoms with Crippen LogP contribution in [-0.4, -0.2) is 29.2 Å². The average Bonchev–Trinajstić information content (AvgIpc) is 3.20. The fraction of sp³-hybridized carbons (Fsp3) is 0.152. The van der Waals surface area contributed by atoms with Crippen LogP contribution in [0.4, 0.5) is 13.2 Å². The highest BCUT2D eigenvalue weighted by atomic mass is 19.4. The number of hydrogen-bond donors (Lipinski definition) is 0. The molecule has 1 aliphatic heterocycles. The van der Waals surface area contributed by atoms with Gasteiger partial charge in [0.15, 0.2) is 0 Å². The van der Waals surface area contributed by atoms with E-state index in [0.717, 1.165) is 11.0 Å². The highest BCUT2D eigenvalue weighted by Crippen LogP contribution is 2.40. The zero-order valence-corrected chi connectivity index (χ0v) is 22.8. The van der Waals surface area contributed by atoms with Crippen molar-refractivity contribution >= 4 is 39.5 Å². The molecule has 10 heteroatoms. The van der Waals surface area contributed by atoms with Crippen LogP contribution in [0.3, 0.4) is 0 Å². The number of ether oxygens (including phenoxy) is 1. The molecule has 43 heavy (non-hydrogen) atoms. The monoisotopic (exact) mass is 585 g/mol. The molecule has 0 aliphatic carbocycles. The van der Waals surface area contributed by atoms with Crippen molar-refractivity contribution in [1.29, 1.82) is 0 Å². The van der Waals surface area contributed by atoms with E-state index in [1.165, 1.54) is 36.4 Å². The number of hydrogen-bond acceptors (Lipinski definition) is 6. The van der Waals surface area contributed by atoms with Crippen LogP contribution in [0.1, 0.15) is 50.7 Å². The van der Waals surface area contributed by atoms with Crippen LogP contribution in [0, 0.1) is 5.92 Å². The van der Waals surface area contributed by atoms with E-state index in [-0.39, 0.29) is 45.9 Å². The predicted octanol–water partition coefficient (Wildman–Crippen LogP) is 7.10. The molecule has 6 rings (SSSR count). The van der Waals surface area contributed by atoms with Gasteiger partial charge in [-0.15, -0.1) is 0 Å². The fourth-order valence-electron chi connectivity index (χ4n) is 5.24. The van der Waals surface area contributed by atoms with E-state index in [0.29, 0.717) is 10.8 Å². The molecule has 0 bridgehead atoms. The summed E-state index contributed by atoms with van der Waals surface area (Å²) >= 11 is 0. The van der Waals surface area contributed by atoms with Crippen LogP contribution in [0.5, 0.6) is 5.75 Å². The maximum atomic E-state index is 14.3. The molecule has 0 radical (unpaired) electrons. The Kier molecular flexibility index (Phi) is 6.64. The van der Waals surface area contributed by atoms with Gasteiger partial charge in [-0.25, -0.2) is 4.79 Å². The molecular formula is C33H22F3NO6. The number of alkyl halides is 3. The number of rotatable bonds is 5. The molecule has 216 valence electrons. The zero-order valence-electron chi connectivity index (χ0n) is 22.8. The van der Waals surface area contributed by atoms with Crippen molar-refractivity contribution in [2.75, 3.05) is 6.54 Å². The van der Waals surface area contributed by atoms with Gasteiger partial charge in [-0.1, -0.05) is 56.3 Å². The molecule has 4 aromatic carbocycles. The van der Waals surface area contributed by atoms with Gasteiger partial charge in [-0.05, 0) is 52.6 Å². The number of imide groups is 1. The van der Waals surface area contributed by atoms with Crippen molar-refractivity contribution in [3.05, 3.63) is 112 Å². The Balaban J connectivity index is 1.37. The maximum absolute atomic E-state index is 14.3. The molecule has 7 nitrogen and oxygen atoms in total. The third-order valence-electron chi connectivity index (χ3n) is 7.14. The van der Waals surface area contributed by atoms with Crippen LogP contribution in [0.2, 0.25) is 0 Å². The largest absolute Gasteiger partial charge is 0.450 e. The molecule has 0 N–H and O–H groups in total. The molecule has 0 atom stereocenters. The SMILES string of the molecule is CC(C)CN1C(=O)c2ccc(C(=O)Oc3ccc4c(=O)c(-c5cccc6ccccc56)c(C(F)(F)F)oc4c3)cc2C1=O. The first kappa shape index (κ1) is 27.9. The van der Waals surface area contributed by atoms with Crippen LogP contribution >= 0.6 is 0 Å². The number of halogens is 3. The van der Waals surface area contributed by atoms with Gasteiger partial charge in [0.25, 0.3) is 11.8 Å². The van der Waals surface area contributed by atoms with Crippen LogP contribution < -0.4 is 10.2 Å². The van der Waals surface area contributed by atoms with Gasteiger partial charge in [-0.2, -0.15) is 13.2 Å². The molecule has 0 unspecified atom stereocenters. The summed E-state index contributed by atoms with van der Waals surface area (Å²) in [6, 6.07) is 18.9. The smallest absolute Gasteiger partial charge is 0.450 e. The predicted molar refractivity (Wildman–Crippen MR) is 152 cm³/mol. The Morgan fingerprint density at radius 1 is 0.837 bits per heavy atom. The molecule has 1 aliphatic rings. The van der Waals surface area contributed by atoms with Crippen molar-refractivity contribution < 1.29 is 36.7 Å². The van der Waals surface area contributed by atoms with Crippen LogP contribution in [-0.2, 0) is 6.18 Å². The average molecular weight is 586 g/mol. The second kappa shape index (κ2) is 10.2. The Hall–Kier alpha value is -5.25. The topological polar surface area (TPSA) is 93.9 Å². The van der Waals surface area contributed by atoms with Gasteiger partial charge >= 0.3 is 12.1 Å². The van der Waals surface area contributed by atoms with Gasteiger partial charge in [0.2, 0.25) is 11.2 Å². The molecule has 0 fully saturated rings. The second-order valence-electron chi connectivity index (χ2n) is 10.6. The second-order valence-corrected chi connectivity index (χ2v) is 10.6. The fourth-order valence-corrected chi connectivity index (χ4v) is 5.24. The summed E-state index contributed by atoms with van der Waals surface area (Å²) in [6.45, 7) is 3.94. The lowest BCUT2D eigenvalue weighted by atomic mass is 9.96. The van der Waals surface area contributed by atoms with E-state index in [4.69, 9.17) is 9.15 Å². The molecule has 0 saturated carbocycles. The minimum atomic E-state index is -5.01.